The van der Waals surface area contributed by atoms with Gasteiger partial charge in [0.25, 0.3) is 0 Å². The van der Waals surface area contributed by atoms with Crippen LogP contribution in [0.1, 0.15) is 22.3 Å². The molecular weight excluding hydrogens is 304 g/mol. The first-order chi connectivity index (χ1) is 12.3. The Morgan fingerprint density at radius 2 is 1.76 bits per heavy atom. The molecule has 0 fully saturated rings. The van der Waals surface area contributed by atoms with Gasteiger partial charge in [-0.05, 0) is 47.9 Å². The van der Waals surface area contributed by atoms with Gasteiger partial charge in [-0.25, -0.2) is 4.98 Å². The molecule has 0 saturated heterocycles. The first-order valence-electron chi connectivity index (χ1n) is 8.43. The van der Waals surface area contributed by atoms with Crippen molar-refractivity contribution in [1.82, 2.24) is 9.97 Å². The Kier molecular flexibility index (Phi) is 3.04. The lowest BCUT2D eigenvalue weighted by Gasteiger charge is -2.05. The second kappa shape index (κ2) is 5.38. The molecule has 0 aliphatic heterocycles. The zero-order valence-corrected chi connectivity index (χ0v) is 13.9. The minimum Gasteiger partial charge on any atom is -0.264 e. The molecule has 0 amide bonds. The quantitative estimate of drug-likeness (QED) is 0.407. The van der Waals surface area contributed by atoms with Crippen LogP contribution in [0.5, 0.6) is 0 Å². The van der Waals surface area contributed by atoms with Crippen LogP contribution in [-0.4, -0.2) is 9.97 Å². The molecule has 0 N–H and O–H groups in total. The smallest absolute Gasteiger partial charge is 0.0794 e. The van der Waals surface area contributed by atoms with Gasteiger partial charge in [-0.15, -0.1) is 0 Å². The third-order valence-electron chi connectivity index (χ3n) is 4.73. The van der Waals surface area contributed by atoms with Crippen molar-refractivity contribution >= 4 is 22.6 Å². The molecule has 0 bridgehead atoms. The van der Waals surface area contributed by atoms with E-state index in [4.69, 9.17) is 4.98 Å². The van der Waals surface area contributed by atoms with Crippen molar-refractivity contribution in [3.8, 4) is 11.3 Å². The zero-order valence-electron chi connectivity index (χ0n) is 13.9. The van der Waals surface area contributed by atoms with E-state index in [1.54, 1.807) is 6.20 Å². The van der Waals surface area contributed by atoms with Gasteiger partial charge in [0.2, 0.25) is 0 Å². The summed E-state index contributed by atoms with van der Waals surface area (Å²) < 4.78 is 0. The number of para-hydroxylation sites is 1. The first-order valence-corrected chi connectivity index (χ1v) is 8.43. The largest absolute Gasteiger partial charge is 0.264 e. The summed E-state index contributed by atoms with van der Waals surface area (Å²) in [5.74, 6) is 0. The van der Waals surface area contributed by atoms with E-state index in [-0.39, 0.29) is 0 Å². The van der Waals surface area contributed by atoms with Gasteiger partial charge in [0.05, 0.1) is 11.2 Å². The highest BCUT2D eigenvalue weighted by atomic mass is 14.7. The molecule has 2 aromatic carbocycles. The van der Waals surface area contributed by atoms with E-state index in [2.05, 4.69) is 66.5 Å². The molecule has 0 saturated carbocycles. The second-order valence-corrected chi connectivity index (χ2v) is 6.47. The maximum absolute atomic E-state index is 4.96. The van der Waals surface area contributed by atoms with Gasteiger partial charge in [0.15, 0.2) is 0 Å². The molecule has 2 aromatic heterocycles. The van der Waals surface area contributed by atoms with E-state index in [9.17, 15) is 0 Å². The molecule has 0 atom stereocenters. The Morgan fingerprint density at radius 3 is 2.64 bits per heavy atom. The normalized spacial score (nSPS) is 13.9. The van der Waals surface area contributed by atoms with Crippen molar-refractivity contribution in [3.05, 3.63) is 95.3 Å². The Bertz CT molecular complexity index is 1140. The minimum absolute atomic E-state index is 1.04. The summed E-state index contributed by atoms with van der Waals surface area (Å²) in [5, 5.41) is 1.17. The van der Waals surface area contributed by atoms with Gasteiger partial charge in [0, 0.05) is 28.9 Å². The number of pyridine rings is 2. The van der Waals surface area contributed by atoms with Gasteiger partial charge in [-0.1, -0.05) is 48.0 Å². The SMILES string of the molecule is Cc1ccc2c(c1)C(=Cc1cccnc1)c1cc3ccccc3nc1-2. The molecule has 5 rings (SSSR count). The molecule has 0 radical (unpaired) electrons. The number of hydrogen-bond acceptors (Lipinski definition) is 2. The molecule has 0 spiro atoms. The highest BCUT2D eigenvalue weighted by Gasteiger charge is 2.25. The molecule has 2 heteroatoms. The average molecular weight is 320 g/mol. The van der Waals surface area contributed by atoms with Crippen molar-refractivity contribution in [2.75, 3.05) is 0 Å². The fourth-order valence-electron chi connectivity index (χ4n) is 3.54. The predicted molar refractivity (Wildman–Crippen MR) is 103 cm³/mol. The van der Waals surface area contributed by atoms with Gasteiger partial charge in [-0.2, -0.15) is 0 Å². The zero-order chi connectivity index (χ0) is 16.8. The molecule has 2 heterocycles. The van der Waals surface area contributed by atoms with E-state index in [1.807, 2.05) is 18.3 Å². The Hall–Kier alpha value is -3.26. The van der Waals surface area contributed by atoms with Crippen molar-refractivity contribution in [2.45, 2.75) is 6.92 Å². The summed E-state index contributed by atoms with van der Waals surface area (Å²) in [6.07, 6.45) is 5.92. The molecule has 118 valence electrons. The van der Waals surface area contributed by atoms with Crippen LogP contribution in [0.4, 0.5) is 0 Å². The van der Waals surface area contributed by atoms with Crippen molar-refractivity contribution in [1.29, 1.82) is 0 Å². The van der Waals surface area contributed by atoms with E-state index >= 15 is 0 Å². The first kappa shape index (κ1) is 14.1. The summed E-state index contributed by atoms with van der Waals surface area (Å²) in [6.45, 7) is 2.13. The fourth-order valence-corrected chi connectivity index (χ4v) is 3.54. The van der Waals surface area contributed by atoms with E-state index in [0.717, 1.165) is 16.8 Å². The van der Waals surface area contributed by atoms with Crippen LogP contribution in [0.15, 0.2) is 73.1 Å². The number of rotatable bonds is 1. The Balaban J connectivity index is 1.84. The summed E-state index contributed by atoms with van der Waals surface area (Å²) in [5.41, 5.74) is 9.35. The van der Waals surface area contributed by atoms with E-state index in [1.165, 1.54) is 33.2 Å². The molecule has 1 aliphatic carbocycles. The highest BCUT2D eigenvalue weighted by molar-refractivity contribution is 6.07. The summed E-state index contributed by atoms with van der Waals surface area (Å²) in [6, 6.07) is 21.2. The summed E-state index contributed by atoms with van der Waals surface area (Å²) >= 11 is 0. The highest BCUT2D eigenvalue weighted by Crippen LogP contribution is 2.45. The fraction of sp³-hybridized carbons (Fsp3) is 0.0435. The predicted octanol–water partition coefficient (Wildman–Crippen LogP) is 5.51. The molecular formula is C23H16N2. The van der Waals surface area contributed by atoms with Gasteiger partial charge >= 0.3 is 0 Å². The minimum atomic E-state index is 1.04. The van der Waals surface area contributed by atoms with Crippen LogP contribution in [0.25, 0.3) is 33.8 Å². The lowest BCUT2D eigenvalue weighted by atomic mass is 10.00. The average Bonchev–Trinajstić information content (AvgIpc) is 2.93. The topological polar surface area (TPSA) is 25.8 Å². The molecule has 1 aliphatic rings. The van der Waals surface area contributed by atoms with E-state index in [0.29, 0.717) is 0 Å². The lowest BCUT2D eigenvalue weighted by molar-refractivity contribution is 1.32. The standard InChI is InChI=1S/C23H16N2/c1-15-8-9-18-19(11-15)20(12-16-5-4-10-24-14-16)21-13-17-6-2-3-7-22(17)25-23(18)21/h2-14H,1H3. The van der Waals surface area contributed by atoms with Crippen LogP contribution in [0, 0.1) is 6.92 Å². The second-order valence-electron chi connectivity index (χ2n) is 6.47. The van der Waals surface area contributed by atoms with Gasteiger partial charge in [0.1, 0.15) is 0 Å². The summed E-state index contributed by atoms with van der Waals surface area (Å²) in [4.78, 5) is 9.21. The number of fused-ring (bicyclic) bond motifs is 4. The Morgan fingerprint density at radius 1 is 0.840 bits per heavy atom. The number of nitrogens with zero attached hydrogens (tertiary/aromatic N) is 2. The van der Waals surface area contributed by atoms with Crippen LogP contribution < -0.4 is 0 Å². The molecule has 2 nitrogen and oxygen atoms in total. The third kappa shape index (κ3) is 2.26. The van der Waals surface area contributed by atoms with Gasteiger partial charge < -0.3 is 0 Å². The third-order valence-corrected chi connectivity index (χ3v) is 4.73. The number of aryl methyl sites for hydroxylation is 1. The molecule has 4 aromatic rings. The lowest BCUT2D eigenvalue weighted by Crippen LogP contribution is -1.87. The van der Waals surface area contributed by atoms with Crippen molar-refractivity contribution in [3.63, 3.8) is 0 Å². The summed E-state index contributed by atoms with van der Waals surface area (Å²) in [7, 11) is 0. The molecule has 25 heavy (non-hydrogen) atoms. The van der Waals surface area contributed by atoms with Crippen LogP contribution in [0.2, 0.25) is 0 Å². The van der Waals surface area contributed by atoms with Crippen molar-refractivity contribution in [2.24, 2.45) is 0 Å². The Labute approximate surface area is 146 Å². The van der Waals surface area contributed by atoms with E-state index < -0.39 is 0 Å². The van der Waals surface area contributed by atoms with Gasteiger partial charge in [-0.3, -0.25) is 4.98 Å². The number of hydrogen-bond donors (Lipinski definition) is 0. The number of aromatic nitrogens is 2. The maximum atomic E-state index is 4.96. The van der Waals surface area contributed by atoms with Crippen LogP contribution in [0.3, 0.4) is 0 Å². The molecule has 0 unspecified atom stereocenters. The van der Waals surface area contributed by atoms with Crippen LogP contribution >= 0.6 is 0 Å². The van der Waals surface area contributed by atoms with Crippen LogP contribution in [-0.2, 0) is 0 Å². The van der Waals surface area contributed by atoms with Crippen molar-refractivity contribution < 1.29 is 0 Å². The maximum Gasteiger partial charge on any atom is 0.0794 e. The monoisotopic (exact) mass is 320 g/mol. The number of benzene rings is 2.